The van der Waals surface area contributed by atoms with Crippen molar-refractivity contribution < 1.29 is 9.90 Å². The third-order valence-corrected chi connectivity index (χ3v) is 2.24. The minimum atomic E-state index is -0.573. The maximum atomic E-state index is 10.8. The quantitative estimate of drug-likeness (QED) is 0.700. The average molecular weight is 189 g/mol. The number of benzene rings is 1. The molecule has 1 aliphatic rings. The molecule has 0 bridgehead atoms. The third kappa shape index (κ3) is 1.63. The molecule has 0 saturated carbocycles. The lowest BCUT2D eigenvalue weighted by Crippen LogP contribution is -2.06. The van der Waals surface area contributed by atoms with Crippen molar-refractivity contribution in [2.75, 3.05) is 5.32 Å². The van der Waals surface area contributed by atoms with Gasteiger partial charge in [-0.3, -0.25) is 4.79 Å². The van der Waals surface area contributed by atoms with E-state index in [-0.39, 0.29) is 5.91 Å². The van der Waals surface area contributed by atoms with Gasteiger partial charge in [0.2, 0.25) is 5.91 Å². The molecule has 1 amide bonds. The summed E-state index contributed by atoms with van der Waals surface area (Å²) in [4.78, 5) is 10.8. The van der Waals surface area contributed by atoms with Crippen molar-refractivity contribution in [2.24, 2.45) is 0 Å². The SMILES string of the molecule is CC(=O)Nc1ccc2c(c1)C[C]C2O. The van der Waals surface area contributed by atoms with Crippen LogP contribution >= 0.6 is 0 Å². The number of aliphatic hydroxyl groups is 1. The van der Waals surface area contributed by atoms with Gasteiger partial charge in [-0.2, -0.15) is 0 Å². The Morgan fingerprint density at radius 1 is 1.64 bits per heavy atom. The second kappa shape index (κ2) is 3.42. The maximum absolute atomic E-state index is 10.8. The van der Waals surface area contributed by atoms with Crippen LogP contribution in [-0.2, 0) is 11.2 Å². The van der Waals surface area contributed by atoms with E-state index in [4.69, 9.17) is 0 Å². The minimum Gasteiger partial charge on any atom is -0.388 e. The number of hydrogen-bond acceptors (Lipinski definition) is 2. The normalized spacial score (nSPS) is 19.1. The lowest BCUT2D eigenvalue weighted by atomic mass is 10.1. The van der Waals surface area contributed by atoms with E-state index >= 15 is 0 Å². The largest absolute Gasteiger partial charge is 0.388 e. The molecule has 2 rings (SSSR count). The zero-order chi connectivity index (χ0) is 10.1. The van der Waals surface area contributed by atoms with Gasteiger partial charge in [-0.25, -0.2) is 0 Å². The summed E-state index contributed by atoms with van der Waals surface area (Å²) in [5, 5.41) is 12.2. The lowest BCUT2D eigenvalue weighted by Gasteiger charge is -2.06. The molecule has 3 nitrogen and oxygen atoms in total. The van der Waals surface area contributed by atoms with Crippen LogP contribution in [0, 0.1) is 6.42 Å². The Kier molecular flexibility index (Phi) is 2.25. The summed E-state index contributed by atoms with van der Waals surface area (Å²) in [5.41, 5.74) is 2.69. The fourth-order valence-electron chi connectivity index (χ4n) is 1.62. The molecule has 0 aromatic heterocycles. The lowest BCUT2D eigenvalue weighted by molar-refractivity contribution is -0.114. The molecule has 3 heteroatoms. The van der Waals surface area contributed by atoms with Gasteiger partial charge in [-0.1, -0.05) is 6.07 Å². The Hall–Kier alpha value is -1.35. The zero-order valence-corrected chi connectivity index (χ0v) is 7.87. The first-order chi connectivity index (χ1) is 6.66. The molecule has 0 spiro atoms. The number of fused-ring (bicyclic) bond motifs is 1. The molecular weight excluding hydrogens is 178 g/mol. The number of aliphatic hydroxyl groups excluding tert-OH is 1. The first kappa shape index (κ1) is 9.21. The molecule has 1 unspecified atom stereocenters. The van der Waals surface area contributed by atoms with Crippen LogP contribution in [0.1, 0.15) is 24.2 Å². The molecule has 1 atom stereocenters. The molecule has 0 saturated heterocycles. The van der Waals surface area contributed by atoms with Crippen LogP contribution in [0.3, 0.4) is 0 Å². The van der Waals surface area contributed by atoms with Gasteiger partial charge < -0.3 is 10.4 Å². The number of carbonyl (C=O) groups excluding carboxylic acids is 1. The molecule has 14 heavy (non-hydrogen) atoms. The molecular formula is C11H11NO2. The summed E-state index contributed by atoms with van der Waals surface area (Å²) in [6.07, 6.45) is 2.98. The summed E-state index contributed by atoms with van der Waals surface area (Å²) in [5.74, 6) is -0.0866. The number of anilines is 1. The average Bonchev–Trinajstić information content (AvgIpc) is 2.46. The van der Waals surface area contributed by atoms with Gasteiger partial charge >= 0.3 is 0 Å². The van der Waals surface area contributed by atoms with Crippen molar-refractivity contribution in [2.45, 2.75) is 19.4 Å². The highest BCUT2D eigenvalue weighted by atomic mass is 16.3. The van der Waals surface area contributed by atoms with Crippen molar-refractivity contribution in [3.05, 3.63) is 35.7 Å². The summed E-state index contributed by atoms with van der Waals surface area (Å²) in [7, 11) is 0. The highest BCUT2D eigenvalue weighted by Gasteiger charge is 2.20. The van der Waals surface area contributed by atoms with E-state index in [0.717, 1.165) is 16.8 Å². The topological polar surface area (TPSA) is 49.3 Å². The van der Waals surface area contributed by atoms with Crippen LogP contribution in [-0.4, -0.2) is 11.0 Å². The van der Waals surface area contributed by atoms with Crippen LogP contribution in [0.25, 0.3) is 0 Å². The fraction of sp³-hybridized carbons (Fsp3) is 0.273. The van der Waals surface area contributed by atoms with Crippen LogP contribution < -0.4 is 5.32 Å². The number of amides is 1. The predicted octanol–water partition coefficient (Wildman–Crippen LogP) is 1.32. The molecule has 0 fully saturated rings. The van der Waals surface area contributed by atoms with E-state index in [0.29, 0.717) is 6.42 Å². The molecule has 2 radical (unpaired) electrons. The van der Waals surface area contributed by atoms with Crippen molar-refractivity contribution >= 4 is 11.6 Å². The van der Waals surface area contributed by atoms with Crippen molar-refractivity contribution in [3.8, 4) is 0 Å². The highest BCUT2D eigenvalue weighted by Crippen LogP contribution is 2.31. The van der Waals surface area contributed by atoms with Gasteiger partial charge in [0, 0.05) is 19.0 Å². The third-order valence-electron chi connectivity index (χ3n) is 2.24. The van der Waals surface area contributed by atoms with Crippen LogP contribution in [0.4, 0.5) is 5.69 Å². The number of nitrogens with one attached hydrogen (secondary N) is 1. The Labute approximate surface area is 82.8 Å². The molecule has 1 aromatic rings. The predicted molar refractivity (Wildman–Crippen MR) is 52.7 cm³/mol. The van der Waals surface area contributed by atoms with Crippen LogP contribution in [0.2, 0.25) is 0 Å². The molecule has 0 aliphatic heterocycles. The van der Waals surface area contributed by atoms with Crippen LogP contribution in [0.5, 0.6) is 0 Å². The molecule has 1 aromatic carbocycles. The maximum Gasteiger partial charge on any atom is 0.221 e. The Morgan fingerprint density at radius 2 is 2.43 bits per heavy atom. The monoisotopic (exact) mass is 189 g/mol. The number of carbonyl (C=O) groups is 1. The van der Waals surface area contributed by atoms with Gasteiger partial charge in [0.1, 0.15) is 0 Å². The standard InChI is InChI=1S/C11H11NO2/c1-7(13)12-9-3-4-10-8(6-9)2-5-11(10)14/h3-4,6,11,14H,2H2,1H3,(H,12,13). The summed E-state index contributed by atoms with van der Waals surface area (Å²) >= 11 is 0. The fourth-order valence-corrected chi connectivity index (χ4v) is 1.62. The molecule has 2 N–H and O–H groups in total. The smallest absolute Gasteiger partial charge is 0.221 e. The van der Waals surface area contributed by atoms with Crippen LogP contribution in [0.15, 0.2) is 18.2 Å². The van der Waals surface area contributed by atoms with E-state index in [1.165, 1.54) is 6.92 Å². The van der Waals surface area contributed by atoms with Gasteiger partial charge in [0.25, 0.3) is 0 Å². The Bertz CT molecular complexity index is 374. The summed E-state index contributed by atoms with van der Waals surface area (Å²) in [6, 6.07) is 5.49. The molecule has 72 valence electrons. The Morgan fingerprint density at radius 3 is 3.14 bits per heavy atom. The first-order valence-corrected chi connectivity index (χ1v) is 4.48. The van der Waals surface area contributed by atoms with Crippen molar-refractivity contribution in [3.63, 3.8) is 0 Å². The first-order valence-electron chi connectivity index (χ1n) is 4.48. The van der Waals surface area contributed by atoms with E-state index in [1.807, 2.05) is 12.1 Å². The second-order valence-electron chi connectivity index (χ2n) is 3.38. The van der Waals surface area contributed by atoms with E-state index in [1.54, 1.807) is 6.07 Å². The van der Waals surface area contributed by atoms with E-state index in [2.05, 4.69) is 11.7 Å². The number of rotatable bonds is 1. The molecule has 0 heterocycles. The van der Waals surface area contributed by atoms with E-state index in [9.17, 15) is 9.90 Å². The van der Waals surface area contributed by atoms with Gasteiger partial charge in [-0.15, -0.1) is 0 Å². The molecule has 1 aliphatic carbocycles. The van der Waals surface area contributed by atoms with Gasteiger partial charge in [0.05, 0.1) is 6.10 Å². The summed E-state index contributed by atoms with van der Waals surface area (Å²) in [6.45, 7) is 1.47. The van der Waals surface area contributed by atoms with Crippen molar-refractivity contribution in [1.82, 2.24) is 0 Å². The number of hydrogen-bond donors (Lipinski definition) is 2. The minimum absolute atomic E-state index is 0.0866. The van der Waals surface area contributed by atoms with Gasteiger partial charge in [-0.05, 0) is 29.7 Å². The van der Waals surface area contributed by atoms with E-state index < -0.39 is 6.10 Å². The highest BCUT2D eigenvalue weighted by molar-refractivity contribution is 5.88. The summed E-state index contributed by atoms with van der Waals surface area (Å²) < 4.78 is 0. The van der Waals surface area contributed by atoms with Gasteiger partial charge in [0.15, 0.2) is 0 Å². The zero-order valence-electron chi connectivity index (χ0n) is 7.87. The van der Waals surface area contributed by atoms with Crippen molar-refractivity contribution in [1.29, 1.82) is 0 Å². The second-order valence-corrected chi connectivity index (χ2v) is 3.38. The Balaban J connectivity index is 2.28.